The lowest BCUT2D eigenvalue weighted by atomic mass is 9.84. The summed E-state index contributed by atoms with van der Waals surface area (Å²) in [6.45, 7) is 5.89. The summed E-state index contributed by atoms with van der Waals surface area (Å²) in [6, 6.07) is 10.8. The van der Waals surface area contributed by atoms with Crippen LogP contribution in [0.4, 0.5) is 0 Å². The maximum absolute atomic E-state index is 13.6. The van der Waals surface area contributed by atoms with E-state index in [1.54, 1.807) is 7.11 Å². The number of ether oxygens (including phenoxy) is 1. The van der Waals surface area contributed by atoms with Crippen molar-refractivity contribution in [2.45, 2.75) is 95.7 Å². The first-order chi connectivity index (χ1) is 23.8. The van der Waals surface area contributed by atoms with E-state index < -0.39 is 0 Å². The van der Waals surface area contributed by atoms with Crippen LogP contribution in [0.1, 0.15) is 91.6 Å². The number of benzene rings is 1. The van der Waals surface area contributed by atoms with E-state index in [2.05, 4.69) is 40.7 Å². The number of pyridine rings is 1. The SMILES string of the molecule is COc1cc(C(=O)N2CCC[C@@H](N)C2)cn2nc(-c3cc4cccc(C5CCN(C(=O)C6CCC(O)CC6)CC5)c4n3CC3CC3)c(C)c12. The summed E-state index contributed by atoms with van der Waals surface area (Å²) in [6.07, 6.45) is 10.9. The Morgan fingerprint density at radius 2 is 1.73 bits per heavy atom. The van der Waals surface area contributed by atoms with E-state index in [0.717, 1.165) is 93.5 Å². The Morgan fingerprint density at radius 1 is 0.959 bits per heavy atom. The number of fused-ring (bicyclic) bond motifs is 2. The highest BCUT2D eigenvalue weighted by atomic mass is 16.5. The van der Waals surface area contributed by atoms with Gasteiger partial charge in [0.15, 0.2) is 0 Å². The Labute approximate surface area is 288 Å². The van der Waals surface area contributed by atoms with E-state index >= 15 is 0 Å². The van der Waals surface area contributed by atoms with Crippen molar-refractivity contribution in [1.29, 1.82) is 0 Å². The highest BCUT2D eigenvalue weighted by Gasteiger charge is 2.33. The molecule has 10 heteroatoms. The van der Waals surface area contributed by atoms with Gasteiger partial charge in [-0.25, -0.2) is 4.52 Å². The molecule has 4 aliphatic rings. The number of nitrogens with two attached hydrogens (primary N) is 1. The van der Waals surface area contributed by atoms with Gasteiger partial charge >= 0.3 is 0 Å². The number of hydrogen-bond donors (Lipinski definition) is 2. The minimum atomic E-state index is -0.246. The number of aromatic nitrogens is 3. The smallest absolute Gasteiger partial charge is 0.255 e. The zero-order chi connectivity index (χ0) is 33.8. The number of methoxy groups -OCH3 is 1. The maximum Gasteiger partial charge on any atom is 0.255 e. The van der Waals surface area contributed by atoms with Gasteiger partial charge in [-0.2, -0.15) is 5.10 Å². The second kappa shape index (κ2) is 13.1. The third-order valence-corrected chi connectivity index (χ3v) is 11.8. The van der Waals surface area contributed by atoms with Gasteiger partial charge in [-0.05, 0) is 101 Å². The number of para-hydroxylation sites is 1. The summed E-state index contributed by atoms with van der Waals surface area (Å²) in [5, 5.41) is 16.3. The Bertz CT molecular complexity index is 1880. The quantitative estimate of drug-likeness (QED) is 0.269. The standard InChI is InChI=1S/C39H50N6O4/c1-24-35(41-45-22-29(20-34(49-2)36(24)45)39(48)43-16-4-6-30(40)23-43)33-19-28-5-3-7-32(37(28)44(33)21-25-8-9-25)26-14-17-42(18-15-26)38(47)27-10-12-31(46)13-11-27/h3,5,7,19-20,22,25-27,30-31,46H,4,6,8-18,21,23,40H2,1-2H3/t27?,30-,31?/m1/s1. The van der Waals surface area contributed by atoms with Crippen LogP contribution in [0.2, 0.25) is 0 Å². The second-order valence-electron chi connectivity index (χ2n) is 15.2. The van der Waals surface area contributed by atoms with Gasteiger partial charge in [0.25, 0.3) is 5.91 Å². The summed E-state index contributed by atoms with van der Waals surface area (Å²) in [5.74, 6) is 1.97. The first-order valence-electron chi connectivity index (χ1n) is 18.5. The normalized spacial score (nSPS) is 23.8. The van der Waals surface area contributed by atoms with Gasteiger partial charge in [0, 0.05) is 61.8 Å². The van der Waals surface area contributed by atoms with Crippen molar-refractivity contribution >= 4 is 28.2 Å². The van der Waals surface area contributed by atoms with Crippen LogP contribution >= 0.6 is 0 Å². The van der Waals surface area contributed by atoms with Crippen LogP contribution in [0.3, 0.4) is 0 Å². The van der Waals surface area contributed by atoms with Crippen molar-refractivity contribution in [2.75, 3.05) is 33.3 Å². The van der Waals surface area contributed by atoms with Gasteiger partial charge in [0.2, 0.25) is 5.91 Å². The minimum Gasteiger partial charge on any atom is -0.494 e. The van der Waals surface area contributed by atoms with E-state index in [4.69, 9.17) is 15.6 Å². The first-order valence-corrected chi connectivity index (χ1v) is 18.5. The molecule has 4 fully saturated rings. The average Bonchev–Trinajstić information content (AvgIpc) is 3.79. The van der Waals surface area contributed by atoms with Crippen LogP contribution in [-0.2, 0) is 11.3 Å². The van der Waals surface area contributed by atoms with Crippen LogP contribution < -0.4 is 10.5 Å². The monoisotopic (exact) mass is 666 g/mol. The molecular weight excluding hydrogens is 616 g/mol. The number of carbonyl (C=O) groups excluding carboxylic acids is 2. The van der Waals surface area contributed by atoms with E-state index in [9.17, 15) is 14.7 Å². The number of nitrogens with zero attached hydrogens (tertiary/aromatic N) is 5. The van der Waals surface area contributed by atoms with E-state index in [0.29, 0.717) is 36.2 Å². The molecule has 2 aliphatic carbocycles. The Kier molecular flexibility index (Phi) is 8.64. The maximum atomic E-state index is 13.6. The Hall–Kier alpha value is -3.89. The lowest BCUT2D eigenvalue weighted by Gasteiger charge is -2.36. The molecule has 2 saturated carbocycles. The molecule has 4 aromatic rings. The van der Waals surface area contributed by atoms with E-state index in [1.165, 1.54) is 29.3 Å². The number of aliphatic hydroxyl groups excluding tert-OH is 1. The van der Waals surface area contributed by atoms with Crippen LogP contribution in [0.15, 0.2) is 36.5 Å². The Balaban J connectivity index is 1.13. The van der Waals surface area contributed by atoms with Crippen LogP contribution in [0.5, 0.6) is 5.75 Å². The lowest BCUT2D eigenvalue weighted by Crippen LogP contribution is -2.45. The predicted molar refractivity (Wildman–Crippen MR) is 190 cm³/mol. The summed E-state index contributed by atoms with van der Waals surface area (Å²) >= 11 is 0. The summed E-state index contributed by atoms with van der Waals surface area (Å²) < 4.78 is 10.2. The highest BCUT2D eigenvalue weighted by molar-refractivity contribution is 5.96. The molecule has 10 nitrogen and oxygen atoms in total. The number of aryl methyl sites for hydroxylation is 1. The highest BCUT2D eigenvalue weighted by Crippen LogP contribution is 2.42. The summed E-state index contributed by atoms with van der Waals surface area (Å²) in [7, 11) is 1.65. The van der Waals surface area contributed by atoms with Crippen molar-refractivity contribution in [3.63, 3.8) is 0 Å². The average molecular weight is 667 g/mol. The van der Waals surface area contributed by atoms with Crippen LogP contribution in [0.25, 0.3) is 27.8 Å². The van der Waals surface area contributed by atoms with Crippen molar-refractivity contribution in [2.24, 2.45) is 17.6 Å². The second-order valence-corrected chi connectivity index (χ2v) is 15.2. The first kappa shape index (κ1) is 32.3. The van der Waals surface area contributed by atoms with Gasteiger partial charge in [0.05, 0.1) is 30.0 Å². The molecule has 1 atom stereocenters. The predicted octanol–water partition coefficient (Wildman–Crippen LogP) is 5.50. The molecule has 0 bridgehead atoms. The van der Waals surface area contributed by atoms with E-state index in [-0.39, 0.29) is 29.9 Å². The summed E-state index contributed by atoms with van der Waals surface area (Å²) in [5.41, 5.74) is 13.3. The number of amides is 2. The van der Waals surface area contributed by atoms with Crippen LogP contribution in [0, 0.1) is 18.8 Å². The topological polar surface area (TPSA) is 118 Å². The molecule has 0 unspecified atom stereocenters. The number of piperidine rings is 2. The van der Waals surface area contributed by atoms with Crippen molar-refractivity contribution in [1.82, 2.24) is 24.0 Å². The van der Waals surface area contributed by atoms with Crippen molar-refractivity contribution in [3.8, 4) is 17.1 Å². The lowest BCUT2D eigenvalue weighted by molar-refractivity contribution is -0.138. The molecule has 2 saturated heterocycles. The molecular formula is C39H50N6O4. The number of likely N-dealkylation sites (tertiary alicyclic amines) is 2. The van der Waals surface area contributed by atoms with Gasteiger partial charge < -0.3 is 29.9 Å². The zero-order valence-corrected chi connectivity index (χ0v) is 28.9. The van der Waals surface area contributed by atoms with Gasteiger partial charge in [-0.1, -0.05) is 18.2 Å². The fourth-order valence-corrected chi connectivity index (χ4v) is 8.80. The minimum absolute atomic E-state index is 0.00703. The number of aliphatic hydroxyl groups is 1. The third-order valence-electron chi connectivity index (χ3n) is 11.8. The molecule has 5 heterocycles. The molecule has 0 spiro atoms. The number of carbonyl (C=O) groups is 2. The molecule has 2 aliphatic heterocycles. The van der Waals surface area contributed by atoms with Gasteiger partial charge in [-0.15, -0.1) is 0 Å². The fraction of sp³-hybridized carbons (Fsp3) is 0.564. The Morgan fingerprint density at radius 3 is 2.45 bits per heavy atom. The van der Waals surface area contributed by atoms with E-state index in [1.807, 2.05) is 21.7 Å². The number of hydrogen-bond acceptors (Lipinski definition) is 6. The van der Waals surface area contributed by atoms with Crippen molar-refractivity contribution in [3.05, 3.63) is 53.2 Å². The van der Waals surface area contributed by atoms with Crippen LogP contribution in [-0.4, -0.2) is 86.3 Å². The molecule has 8 rings (SSSR count). The molecule has 49 heavy (non-hydrogen) atoms. The molecule has 3 aromatic heterocycles. The van der Waals surface area contributed by atoms with Crippen molar-refractivity contribution < 1.29 is 19.4 Å². The largest absolute Gasteiger partial charge is 0.494 e. The molecule has 2 amide bonds. The fourth-order valence-electron chi connectivity index (χ4n) is 8.80. The third kappa shape index (κ3) is 6.11. The molecule has 260 valence electrons. The molecule has 0 radical (unpaired) electrons. The molecule has 1 aromatic carbocycles. The summed E-state index contributed by atoms with van der Waals surface area (Å²) in [4.78, 5) is 30.9. The molecule has 3 N–H and O–H groups in total. The van der Waals surface area contributed by atoms with Gasteiger partial charge in [0.1, 0.15) is 17.0 Å². The van der Waals surface area contributed by atoms with Gasteiger partial charge in [-0.3, -0.25) is 9.59 Å². The zero-order valence-electron chi connectivity index (χ0n) is 28.9. The number of rotatable bonds is 7.